The third-order valence-corrected chi connectivity index (χ3v) is 8.02. The van der Waals surface area contributed by atoms with E-state index >= 15 is 0 Å². The summed E-state index contributed by atoms with van der Waals surface area (Å²) in [7, 11) is 0. The number of esters is 1. The number of hydrogen-bond donors (Lipinski definition) is 3. The molecule has 5 bridgehead atoms. The number of ether oxygens (including phenoxy) is 3. The maximum atomic E-state index is 13.7. The number of benzene rings is 1. The Hall–Kier alpha value is -3.87. The van der Waals surface area contributed by atoms with Crippen LogP contribution in [0.1, 0.15) is 57.8 Å². The van der Waals surface area contributed by atoms with Gasteiger partial charge in [-0.3, -0.25) is 29.2 Å². The van der Waals surface area contributed by atoms with E-state index < -0.39 is 41.4 Å². The molecule has 0 radical (unpaired) electrons. The second-order valence-corrected chi connectivity index (χ2v) is 11.8. The second kappa shape index (κ2) is 12.8. The highest BCUT2D eigenvalue weighted by atomic mass is 16.7. The van der Waals surface area contributed by atoms with Crippen LogP contribution < -0.4 is 16.1 Å². The van der Waals surface area contributed by atoms with Crippen LogP contribution >= 0.6 is 0 Å². The normalized spacial score (nSPS) is 27.2. The molecule has 3 N–H and O–H groups in total. The molecule has 1 aromatic heterocycles. The number of amides is 3. The second-order valence-electron chi connectivity index (χ2n) is 11.8. The molecular formula is C31H39N5O7. The van der Waals surface area contributed by atoms with Crippen LogP contribution in [0.2, 0.25) is 0 Å². The van der Waals surface area contributed by atoms with Crippen molar-refractivity contribution in [1.82, 2.24) is 26.1 Å². The highest BCUT2D eigenvalue weighted by Crippen LogP contribution is 2.29. The molecule has 12 heteroatoms. The van der Waals surface area contributed by atoms with E-state index in [4.69, 9.17) is 19.2 Å². The molecular weight excluding hydrogens is 554 g/mol. The first-order valence-electron chi connectivity index (χ1n) is 14.7. The van der Waals surface area contributed by atoms with Crippen molar-refractivity contribution in [3.05, 3.63) is 47.7 Å². The Balaban J connectivity index is 1.53. The molecule has 4 unspecified atom stereocenters. The van der Waals surface area contributed by atoms with Crippen molar-refractivity contribution >= 4 is 40.7 Å². The third-order valence-electron chi connectivity index (χ3n) is 8.02. The van der Waals surface area contributed by atoms with Gasteiger partial charge in [-0.15, -0.1) is 0 Å². The Kier molecular flexibility index (Phi) is 9.09. The van der Waals surface area contributed by atoms with E-state index in [9.17, 15) is 19.2 Å². The fraction of sp³-hybridized carbons (Fsp3) is 0.516. The molecule has 1 spiro atoms. The number of nitrogens with zero attached hydrogens (tertiary/aromatic N) is 2. The first-order valence-corrected chi connectivity index (χ1v) is 14.7. The number of hydrogen-bond acceptors (Lipinski definition) is 9. The molecule has 12 nitrogen and oxygen atoms in total. The van der Waals surface area contributed by atoms with Crippen molar-refractivity contribution in [1.29, 1.82) is 0 Å². The molecule has 2 aromatic rings. The SMILES string of the molecule is CC1NC(=O)C(C(C)C)OC(=O)C2(C=Cc3ccc4ccc(nc4c3)C(C)NC(=O)C3CCCN(N3)C1=O)COCOC2. The summed E-state index contributed by atoms with van der Waals surface area (Å²) in [6.45, 7) is 7.38. The predicted octanol–water partition coefficient (Wildman–Crippen LogP) is 2.00. The maximum absolute atomic E-state index is 13.7. The first kappa shape index (κ1) is 30.6. The summed E-state index contributed by atoms with van der Waals surface area (Å²) in [6.07, 6.45) is 3.46. The minimum absolute atomic E-state index is 0.0125. The van der Waals surface area contributed by atoms with Gasteiger partial charge in [-0.1, -0.05) is 44.2 Å². The van der Waals surface area contributed by atoms with Gasteiger partial charge in [0.15, 0.2) is 6.10 Å². The number of hydrazine groups is 1. The van der Waals surface area contributed by atoms with Crippen molar-refractivity contribution in [2.24, 2.45) is 11.3 Å². The van der Waals surface area contributed by atoms with E-state index in [1.807, 2.05) is 37.3 Å². The molecule has 4 heterocycles. The molecule has 2 saturated heterocycles. The Morgan fingerprint density at radius 2 is 1.70 bits per heavy atom. The summed E-state index contributed by atoms with van der Waals surface area (Å²) in [4.78, 5) is 58.3. The van der Waals surface area contributed by atoms with Gasteiger partial charge in [0.2, 0.25) is 5.91 Å². The quantitative estimate of drug-likeness (QED) is 0.422. The lowest BCUT2D eigenvalue weighted by atomic mass is 9.88. The van der Waals surface area contributed by atoms with Gasteiger partial charge < -0.3 is 24.8 Å². The number of carbonyl (C=O) groups excluding carboxylic acids is 4. The Morgan fingerprint density at radius 1 is 0.977 bits per heavy atom. The van der Waals surface area contributed by atoms with Crippen molar-refractivity contribution in [2.75, 3.05) is 26.6 Å². The Bertz CT molecular complexity index is 1420. The summed E-state index contributed by atoms with van der Waals surface area (Å²) in [5.74, 6) is -2.30. The van der Waals surface area contributed by atoms with Gasteiger partial charge in [0.1, 0.15) is 24.3 Å². The molecule has 1 aromatic carbocycles. The van der Waals surface area contributed by atoms with Crippen LogP contribution in [0.3, 0.4) is 0 Å². The van der Waals surface area contributed by atoms with E-state index in [2.05, 4.69) is 16.1 Å². The van der Waals surface area contributed by atoms with E-state index in [0.717, 1.165) is 16.5 Å². The molecule has 4 atom stereocenters. The lowest BCUT2D eigenvalue weighted by Gasteiger charge is -2.36. The van der Waals surface area contributed by atoms with E-state index in [1.165, 1.54) is 5.01 Å². The van der Waals surface area contributed by atoms with Crippen LogP contribution in [0.15, 0.2) is 36.4 Å². The molecule has 3 amide bonds. The zero-order valence-corrected chi connectivity index (χ0v) is 24.9. The van der Waals surface area contributed by atoms with Gasteiger partial charge >= 0.3 is 5.97 Å². The molecule has 43 heavy (non-hydrogen) atoms. The molecule has 5 rings (SSSR count). The van der Waals surface area contributed by atoms with E-state index in [0.29, 0.717) is 25.1 Å². The zero-order chi connectivity index (χ0) is 30.7. The fourth-order valence-electron chi connectivity index (χ4n) is 5.42. The summed E-state index contributed by atoms with van der Waals surface area (Å²) in [5.41, 5.74) is 3.92. The summed E-state index contributed by atoms with van der Waals surface area (Å²) in [5, 5.41) is 7.99. The van der Waals surface area contributed by atoms with Crippen LogP contribution in [0.5, 0.6) is 0 Å². The molecule has 0 saturated carbocycles. The Morgan fingerprint density at radius 3 is 2.44 bits per heavy atom. The number of aromatic nitrogens is 1. The smallest absolute Gasteiger partial charge is 0.321 e. The van der Waals surface area contributed by atoms with Crippen LogP contribution in [-0.2, 0) is 33.4 Å². The van der Waals surface area contributed by atoms with Gasteiger partial charge in [-0.25, -0.2) is 5.43 Å². The van der Waals surface area contributed by atoms with Crippen LogP contribution in [0.4, 0.5) is 0 Å². The van der Waals surface area contributed by atoms with Crippen molar-refractivity contribution in [2.45, 2.75) is 64.8 Å². The number of carbonyl (C=O) groups is 4. The number of cyclic esters (lactones) is 1. The lowest BCUT2D eigenvalue weighted by molar-refractivity contribution is -0.192. The van der Waals surface area contributed by atoms with E-state index in [-0.39, 0.29) is 37.9 Å². The van der Waals surface area contributed by atoms with Crippen molar-refractivity contribution < 1.29 is 33.4 Å². The van der Waals surface area contributed by atoms with Gasteiger partial charge in [-0.2, -0.15) is 0 Å². The number of nitrogens with one attached hydrogen (secondary N) is 3. The molecule has 230 valence electrons. The van der Waals surface area contributed by atoms with Crippen molar-refractivity contribution in [3.8, 4) is 0 Å². The lowest BCUT2D eigenvalue weighted by Crippen LogP contribution is -2.61. The van der Waals surface area contributed by atoms with Gasteiger partial charge in [-0.05, 0) is 50.3 Å². The molecule has 2 fully saturated rings. The highest BCUT2D eigenvalue weighted by molar-refractivity contribution is 5.92. The van der Waals surface area contributed by atoms with Crippen LogP contribution in [0, 0.1) is 11.3 Å². The zero-order valence-electron chi connectivity index (χ0n) is 24.9. The molecule has 0 aliphatic carbocycles. The minimum atomic E-state index is -1.29. The minimum Gasteiger partial charge on any atom is -0.451 e. The largest absolute Gasteiger partial charge is 0.451 e. The highest BCUT2D eigenvalue weighted by Gasteiger charge is 2.44. The Labute approximate surface area is 250 Å². The van der Waals surface area contributed by atoms with Gasteiger partial charge in [0, 0.05) is 11.9 Å². The van der Waals surface area contributed by atoms with Crippen molar-refractivity contribution in [3.63, 3.8) is 0 Å². The summed E-state index contributed by atoms with van der Waals surface area (Å²) < 4.78 is 16.9. The van der Waals surface area contributed by atoms with Crippen LogP contribution in [-0.4, -0.2) is 78.4 Å². The monoisotopic (exact) mass is 593 g/mol. The topological polar surface area (TPSA) is 148 Å². The first-order chi connectivity index (χ1) is 20.6. The molecule has 3 aliphatic rings. The maximum Gasteiger partial charge on any atom is 0.321 e. The average Bonchev–Trinajstić information content (AvgIpc) is 3.01. The third kappa shape index (κ3) is 6.71. The van der Waals surface area contributed by atoms with Crippen LogP contribution in [0.25, 0.3) is 17.0 Å². The van der Waals surface area contributed by atoms with Gasteiger partial charge in [0.05, 0.1) is 30.5 Å². The number of pyridine rings is 1. The molecule has 3 aliphatic heterocycles. The average molecular weight is 594 g/mol. The standard InChI is InChI=1S/C31H39N5O7/c1-18(2)26-28(38)33-20(4)29(39)36-13-5-6-24(35-36)27(37)32-19(3)23-10-9-22-8-7-21(14-25(22)34-23)11-12-31(30(40)43-26)15-41-17-42-16-31/h7-12,14,18-20,24,26,35H,5-6,13,15-17H2,1-4H3,(H,32,37)(H,33,38). The fourth-order valence-corrected chi connectivity index (χ4v) is 5.42. The van der Waals surface area contributed by atoms with E-state index in [1.54, 1.807) is 32.9 Å². The predicted molar refractivity (Wildman–Crippen MR) is 157 cm³/mol. The summed E-state index contributed by atoms with van der Waals surface area (Å²) >= 11 is 0. The number of fused-ring (bicyclic) bond motifs is 4. The summed E-state index contributed by atoms with van der Waals surface area (Å²) in [6, 6.07) is 7.60. The number of rotatable bonds is 1. The van der Waals surface area contributed by atoms with Gasteiger partial charge in [0.25, 0.3) is 11.8 Å².